The van der Waals surface area contributed by atoms with Crippen molar-refractivity contribution in [3.63, 3.8) is 0 Å². The molecular formula is C13H18O4. The summed E-state index contributed by atoms with van der Waals surface area (Å²) >= 11 is 0. The first-order valence-corrected chi connectivity index (χ1v) is 6.11. The molecule has 0 N–H and O–H groups in total. The predicted molar refractivity (Wildman–Crippen MR) is 60.9 cm³/mol. The first kappa shape index (κ1) is 12.1. The predicted octanol–water partition coefficient (Wildman–Crippen LogP) is 2.19. The van der Waals surface area contributed by atoms with Crippen LogP contribution in [0.25, 0.3) is 0 Å². The van der Waals surface area contributed by atoms with Gasteiger partial charge in [0.25, 0.3) is 0 Å². The molecule has 0 amide bonds. The van der Waals surface area contributed by atoms with Crippen molar-refractivity contribution in [2.45, 2.75) is 45.6 Å². The molecule has 0 saturated heterocycles. The third kappa shape index (κ3) is 2.87. The average molecular weight is 238 g/mol. The summed E-state index contributed by atoms with van der Waals surface area (Å²) in [6.45, 7) is 3.22. The van der Waals surface area contributed by atoms with Crippen molar-refractivity contribution in [3.05, 3.63) is 11.8 Å². The molecule has 2 aliphatic carbocycles. The summed E-state index contributed by atoms with van der Waals surface area (Å²) in [6, 6.07) is 0. The van der Waals surface area contributed by atoms with Gasteiger partial charge in [-0.2, -0.15) is 0 Å². The molecular weight excluding hydrogens is 220 g/mol. The molecule has 0 radical (unpaired) electrons. The highest BCUT2D eigenvalue weighted by atomic mass is 16.5. The summed E-state index contributed by atoms with van der Waals surface area (Å²) in [5.41, 5.74) is 0.704. The van der Waals surface area contributed by atoms with Gasteiger partial charge in [-0.15, -0.1) is 0 Å². The number of esters is 2. The lowest BCUT2D eigenvalue weighted by molar-refractivity contribution is -0.148. The standard InChI is InChI=1S/C9H14O2.C4H4O2/c1-6(10)11-9-5-7-2-3-8(9)4-7;1-3-2-6-4(3)5/h7-9H,2-5H2,1H3;2H,1H3. The quantitative estimate of drug-likeness (QED) is 0.657. The molecule has 3 aliphatic rings. The molecule has 94 valence electrons. The van der Waals surface area contributed by atoms with Crippen molar-refractivity contribution in [2.75, 3.05) is 0 Å². The summed E-state index contributed by atoms with van der Waals surface area (Å²) in [6.07, 6.45) is 6.78. The summed E-state index contributed by atoms with van der Waals surface area (Å²) in [7, 11) is 0. The SMILES string of the molecule is CC(=O)OC1CC2CCC1C2.CC1=COC1=O. The maximum Gasteiger partial charge on any atom is 0.341 e. The van der Waals surface area contributed by atoms with Gasteiger partial charge in [-0.3, -0.25) is 4.79 Å². The van der Waals surface area contributed by atoms with Crippen LogP contribution in [0.1, 0.15) is 39.5 Å². The van der Waals surface area contributed by atoms with Gasteiger partial charge in [-0.1, -0.05) is 0 Å². The van der Waals surface area contributed by atoms with Gasteiger partial charge < -0.3 is 9.47 Å². The first-order chi connectivity index (χ1) is 8.06. The van der Waals surface area contributed by atoms with Crippen LogP contribution in [-0.2, 0) is 19.1 Å². The van der Waals surface area contributed by atoms with Gasteiger partial charge in [0.1, 0.15) is 12.4 Å². The Hall–Kier alpha value is -1.32. The van der Waals surface area contributed by atoms with E-state index < -0.39 is 0 Å². The van der Waals surface area contributed by atoms with E-state index in [1.807, 2.05) is 0 Å². The van der Waals surface area contributed by atoms with Gasteiger partial charge in [0.15, 0.2) is 0 Å². The molecule has 0 spiro atoms. The van der Waals surface area contributed by atoms with Gasteiger partial charge in [0.05, 0.1) is 5.57 Å². The van der Waals surface area contributed by atoms with E-state index in [-0.39, 0.29) is 18.0 Å². The fraction of sp³-hybridized carbons (Fsp3) is 0.692. The molecule has 4 heteroatoms. The highest BCUT2D eigenvalue weighted by molar-refractivity contribution is 5.92. The molecule has 1 heterocycles. The van der Waals surface area contributed by atoms with Gasteiger partial charge in [-0.25, -0.2) is 4.79 Å². The maximum absolute atomic E-state index is 10.7. The third-order valence-electron chi connectivity index (χ3n) is 3.66. The largest absolute Gasteiger partial charge is 0.462 e. The normalized spacial score (nSPS) is 32.9. The molecule has 1 aliphatic heterocycles. The lowest BCUT2D eigenvalue weighted by Gasteiger charge is -2.20. The highest BCUT2D eigenvalue weighted by Gasteiger charge is 2.41. The Bertz CT molecular complexity index is 358. The molecule has 2 fully saturated rings. The van der Waals surface area contributed by atoms with Gasteiger partial charge in [0.2, 0.25) is 0 Å². The fourth-order valence-electron chi connectivity index (χ4n) is 2.77. The molecule has 0 aromatic heterocycles. The van der Waals surface area contributed by atoms with E-state index >= 15 is 0 Å². The molecule has 2 saturated carbocycles. The van der Waals surface area contributed by atoms with Crippen LogP contribution in [0.4, 0.5) is 0 Å². The van der Waals surface area contributed by atoms with Crippen LogP contribution < -0.4 is 0 Å². The Balaban J connectivity index is 0.000000153. The number of carbonyl (C=O) groups is 2. The zero-order valence-electron chi connectivity index (χ0n) is 10.3. The maximum atomic E-state index is 10.7. The number of ether oxygens (including phenoxy) is 2. The molecule has 0 aromatic carbocycles. The molecule has 2 bridgehead atoms. The van der Waals surface area contributed by atoms with E-state index in [4.69, 9.17) is 4.74 Å². The molecule has 3 rings (SSSR count). The number of hydrogen-bond donors (Lipinski definition) is 0. The lowest BCUT2D eigenvalue weighted by Crippen LogP contribution is -2.22. The van der Waals surface area contributed by atoms with Gasteiger partial charge in [-0.05, 0) is 44.4 Å². The molecule has 4 nitrogen and oxygen atoms in total. The van der Waals surface area contributed by atoms with Crippen LogP contribution in [0.2, 0.25) is 0 Å². The average Bonchev–Trinajstić information content (AvgIpc) is 2.88. The second-order valence-electron chi connectivity index (χ2n) is 5.03. The minimum atomic E-state index is -0.199. The monoisotopic (exact) mass is 238 g/mol. The van der Waals surface area contributed by atoms with Crippen LogP contribution in [-0.4, -0.2) is 18.0 Å². The zero-order chi connectivity index (χ0) is 12.4. The van der Waals surface area contributed by atoms with E-state index in [2.05, 4.69) is 4.74 Å². The van der Waals surface area contributed by atoms with Crippen LogP contribution in [0.3, 0.4) is 0 Å². The molecule has 3 atom stereocenters. The van der Waals surface area contributed by atoms with Crippen LogP contribution in [0.15, 0.2) is 11.8 Å². The zero-order valence-corrected chi connectivity index (χ0v) is 10.3. The van der Waals surface area contributed by atoms with Crippen molar-refractivity contribution in [1.82, 2.24) is 0 Å². The Morgan fingerprint density at radius 1 is 1.41 bits per heavy atom. The number of hydrogen-bond acceptors (Lipinski definition) is 4. The highest BCUT2D eigenvalue weighted by Crippen LogP contribution is 2.45. The minimum absolute atomic E-state index is 0.109. The van der Waals surface area contributed by atoms with Crippen LogP contribution in [0, 0.1) is 11.8 Å². The molecule has 0 aromatic rings. The Labute approximate surface area is 101 Å². The van der Waals surface area contributed by atoms with Gasteiger partial charge >= 0.3 is 11.9 Å². The minimum Gasteiger partial charge on any atom is -0.462 e. The number of carbonyl (C=O) groups excluding carboxylic acids is 2. The van der Waals surface area contributed by atoms with Crippen LogP contribution >= 0.6 is 0 Å². The van der Waals surface area contributed by atoms with E-state index in [9.17, 15) is 9.59 Å². The van der Waals surface area contributed by atoms with E-state index in [0.29, 0.717) is 11.5 Å². The Kier molecular flexibility index (Phi) is 3.50. The van der Waals surface area contributed by atoms with Crippen molar-refractivity contribution in [2.24, 2.45) is 11.8 Å². The number of fused-ring (bicyclic) bond motifs is 2. The van der Waals surface area contributed by atoms with E-state index in [1.165, 1.54) is 32.4 Å². The van der Waals surface area contributed by atoms with Crippen molar-refractivity contribution < 1.29 is 19.1 Å². The second kappa shape index (κ2) is 4.90. The van der Waals surface area contributed by atoms with Crippen molar-refractivity contribution >= 4 is 11.9 Å². The summed E-state index contributed by atoms with van der Waals surface area (Å²) in [5.74, 6) is 1.26. The number of cyclic esters (lactones) is 1. The third-order valence-corrected chi connectivity index (χ3v) is 3.66. The van der Waals surface area contributed by atoms with Crippen LogP contribution in [0.5, 0.6) is 0 Å². The van der Waals surface area contributed by atoms with E-state index in [0.717, 1.165) is 12.3 Å². The summed E-state index contributed by atoms with van der Waals surface area (Å²) < 4.78 is 9.45. The van der Waals surface area contributed by atoms with E-state index in [1.54, 1.807) is 6.92 Å². The summed E-state index contributed by atoms with van der Waals surface area (Å²) in [5, 5.41) is 0. The molecule has 3 unspecified atom stereocenters. The number of rotatable bonds is 1. The molecule has 17 heavy (non-hydrogen) atoms. The fourth-order valence-corrected chi connectivity index (χ4v) is 2.77. The Morgan fingerprint density at radius 3 is 2.41 bits per heavy atom. The smallest absolute Gasteiger partial charge is 0.341 e. The van der Waals surface area contributed by atoms with Crippen molar-refractivity contribution in [1.29, 1.82) is 0 Å². The Morgan fingerprint density at radius 2 is 2.12 bits per heavy atom. The first-order valence-electron chi connectivity index (χ1n) is 6.11. The second-order valence-corrected chi connectivity index (χ2v) is 5.03. The lowest BCUT2D eigenvalue weighted by atomic mass is 9.98. The topological polar surface area (TPSA) is 52.6 Å². The van der Waals surface area contributed by atoms with Gasteiger partial charge in [0, 0.05) is 6.92 Å². The summed E-state index contributed by atoms with van der Waals surface area (Å²) in [4.78, 5) is 20.6. The van der Waals surface area contributed by atoms with Crippen molar-refractivity contribution in [3.8, 4) is 0 Å².